The van der Waals surface area contributed by atoms with Crippen LogP contribution in [0.15, 0.2) is 23.3 Å². The summed E-state index contributed by atoms with van der Waals surface area (Å²) in [6.45, 7) is 0.701. The predicted molar refractivity (Wildman–Crippen MR) is 39.7 cm³/mol. The summed E-state index contributed by atoms with van der Waals surface area (Å²) in [4.78, 5) is 1.20. The highest BCUT2D eigenvalue weighted by atomic mass is 79.9. The van der Waals surface area contributed by atoms with E-state index in [-0.39, 0.29) is 0 Å². The van der Waals surface area contributed by atoms with Gasteiger partial charge >= 0.3 is 0 Å². The van der Waals surface area contributed by atoms with Crippen LogP contribution in [0.5, 0.6) is 0 Å². The van der Waals surface area contributed by atoms with Gasteiger partial charge in [0.25, 0.3) is 0 Å². The van der Waals surface area contributed by atoms with Gasteiger partial charge < -0.3 is 4.74 Å². The number of allylic oxidation sites excluding steroid dienone is 2. The summed E-state index contributed by atoms with van der Waals surface area (Å²) in [6, 6.07) is 0. The van der Waals surface area contributed by atoms with Crippen LogP contribution in [0, 0.1) is 0 Å². The Bertz CT molecular complexity index is 130. The van der Waals surface area contributed by atoms with Crippen molar-refractivity contribution in [3.05, 3.63) is 23.3 Å². The fourth-order valence-electron chi connectivity index (χ4n) is 0.429. The zero-order chi connectivity index (χ0) is 5.82. The molecule has 0 aliphatic carbocycles. The molecule has 44 valence electrons. The first-order valence-electron chi connectivity index (χ1n) is 2.19. The van der Waals surface area contributed by atoms with Crippen LogP contribution in [0.2, 0.25) is 0 Å². The molecule has 1 nitrogen and oxygen atoms in total. The van der Waals surface area contributed by atoms with Crippen LogP contribution in [-0.2, 0) is 4.74 Å². The molecule has 0 saturated carbocycles. The molecule has 0 spiro atoms. The van der Waals surface area contributed by atoms with Crippen molar-refractivity contribution in [3.8, 4) is 0 Å². The smallest absolute Gasteiger partial charge is 0.119 e. The number of rotatable bonds is 1. The fraction of sp³-hybridized carbons (Fsp3) is 0.200. The van der Waals surface area contributed by atoms with Crippen LogP contribution < -0.4 is 0 Å². The summed E-state index contributed by atoms with van der Waals surface area (Å²) in [7, 11) is 1.54. The lowest BCUT2D eigenvalue weighted by atomic mass is 10.4. The number of halogens is 1. The van der Waals surface area contributed by atoms with Gasteiger partial charge in [0.1, 0.15) is 6.61 Å². The van der Waals surface area contributed by atoms with E-state index in [1.807, 2.05) is 12.2 Å². The average Bonchev–Trinajstić information content (AvgIpc) is 1.90. The Labute approximate surface area is 60.0 Å². The number of hydrogen-bond donors (Lipinski definition) is 0. The van der Waals surface area contributed by atoms with Gasteiger partial charge in [0.05, 0.1) is 6.26 Å². The summed E-state index contributed by atoms with van der Waals surface area (Å²) in [6.07, 6.45) is 5.59. The average molecular weight is 193 g/mol. The van der Waals surface area contributed by atoms with Crippen molar-refractivity contribution < 1.29 is 4.74 Å². The first-order valence-corrected chi connectivity index (χ1v) is 4.85. The third-order valence-corrected chi connectivity index (χ3v) is 2.48. The molecule has 3 heteroatoms. The van der Waals surface area contributed by atoms with Crippen molar-refractivity contribution in [3.63, 3.8) is 0 Å². The second kappa shape index (κ2) is 3.20. The van der Waals surface area contributed by atoms with Crippen molar-refractivity contribution in [1.82, 2.24) is 0 Å². The minimum Gasteiger partial charge on any atom is -0.496 e. The van der Waals surface area contributed by atoms with Crippen LogP contribution in [0.4, 0.5) is 0 Å². The van der Waals surface area contributed by atoms with Gasteiger partial charge in [0.15, 0.2) is 0 Å². The van der Waals surface area contributed by atoms with E-state index in [0.717, 1.165) is 0 Å². The largest absolute Gasteiger partial charge is 0.496 e. The van der Waals surface area contributed by atoms with Gasteiger partial charge in [-0.1, -0.05) is 0 Å². The van der Waals surface area contributed by atoms with Gasteiger partial charge in [0.2, 0.25) is 0 Å². The Kier molecular flexibility index (Phi) is 2.49. The van der Waals surface area contributed by atoms with Crippen LogP contribution in [0.1, 0.15) is 0 Å². The van der Waals surface area contributed by atoms with Crippen molar-refractivity contribution in [2.24, 2.45) is 0 Å². The first kappa shape index (κ1) is 6.23. The van der Waals surface area contributed by atoms with E-state index >= 15 is 0 Å². The lowest BCUT2D eigenvalue weighted by Crippen LogP contribution is -1.90. The second-order valence-corrected chi connectivity index (χ2v) is 3.00. The SMILES string of the molecule is BrSC1=CC=COC1. The van der Waals surface area contributed by atoms with E-state index < -0.39 is 0 Å². The quantitative estimate of drug-likeness (QED) is 0.632. The lowest BCUT2D eigenvalue weighted by molar-refractivity contribution is 0.283. The molecule has 0 radical (unpaired) electrons. The van der Waals surface area contributed by atoms with E-state index in [0.29, 0.717) is 6.61 Å². The highest BCUT2D eigenvalue weighted by molar-refractivity contribution is 9.50. The van der Waals surface area contributed by atoms with Crippen molar-refractivity contribution in [1.29, 1.82) is 0 Å². The van der Waals surface area contributed by atoms with E-state index in [1.54, 1.807) is 16.5 Å². The number of hydrogen-bond acceptors (Lipinski definition) is 2. The lowest BCUT2D eigenvalue weighted by Gasteiger charge is -2.04. The molecule has 0 saturated heterocycles. The van der Waals surface area contributed by atoms with E-state index in [2.05, 4.69) is 14.8 Å². The van der Waals surface area contributed by atoms with Gasteiger partial charge in [-0.25, -0.2) is 0 Å². The van der Waals surface area contributed by atoms with E-state index in [4.69, 9.17) is 4.74 Å². The molecule has 0 aromatic heterocycles. The molecule has 0 aromatic rings. The zero-order valence-corrected chi connectivity index (χ0v) is 6.54. The minimum atomic E-state index is 0.701. The summed E-state index contributed by atoms with van der Waals surface area (Å²) in [5, 5.41) is 0. The first-order chi connectivity index (χ1) is 3.93. The summed E-state index contributed by atoms with van der Waals surface area (Å²) in [5.41, 5.74) is 0. The Balaban J connectivity index is 2.50. The van der Waals surface area contributed by atoms with Crippen molar-refractivity contribution in [2.75, 3.05) is 6.61 Å². The second-order valence-electron chi connectivity index (χ2n) is 1.35. The molecule has 8 heavy (non-hydrogen) atoms. The van der Waals surface area contributed by atoms with Gasteiger partial charge in [0, 0.05) is 4.91 Å². The molecular formula is C5H5BrOS. The minimum absolute atomic E-state index is 0.701. The topological polar surface area (TPSA) is 9.23 Å². The van der Waals surface area contributed by atoms with E-state index in [1.165, 1.54) is 4.91 Å². The van der Waals surface area contributed by atoms with Gasteiger partial charge in [-0.2, -0.15) is 0 Å². The third kappa shape index (κ3) is 1.56. The third-order valence-electron chi connectivity index (χ3n) is 0.782. The molecule has 1 rings (SSSR count). The Morgan fingerprint density at radius 2 is 2.62 bits per heavy atom. The molecule has 0 N–H and O–H groups in total. The normalized spacial score (nSPS) is 17.4. The summed E-state index contributed by atoms with van der Waals surface area (Å²) < 4.78 is 4.97. The van der Waals surface area contributed by atoms with Gasteiger partial charge in [-0.15, -0.1) is 0 Å². The molecule has 0 fully saturated rings. The molecule has 1 aliphatic rings. The Morgan fingerprint density at radius 1 is 1.75 bits per heavy atom. The highest BCUT2D eigenvalue weighted by Crippen LogP contribution is 2.24. The maximum Gasteiger partial charge on any atom is 0.119 e. The van der Waals surface area contributed by atoms with Crippen molar-refractivity contribution >= 4 is 25.0 Å². The molecule has 0 aromatic carbocycles. The molecule has 0 atom stereocenters. The van der Waals surface area contributed by atoms with Crippen LogP contribution in [0.25, 0.3) is 0 Å². The van der Waals surface area contributed by atoms with Crippen molar-refractivity contribution in [2.45, 2.75) is 0 Å². The summed E-state index contributed by atoms with van der Waals surface area (Å²) in [5.74, 6) is 0. The molecule has 0 unspecified atom stereocenters. The van der Waals surface area contributed by atoms with Crippen LogP contribution >= 0.6 is 25.0 Å². The number of ether oxygens (including phenoxy) is 1. The van der Waals surface area contributed by atoms with Crippen LogP contribution in [-0.4, -0.2) is 6.61 Å². The fourth-order valence-corrected chi connectivity index (χ4v) is 1.28. The van der Waals surface area contributed by atoms with Gasteiger partial charge in [-0.3, -0.25) is 0 Å². The standard InChI is InChI=1S/C5H5BrOS/c6-8-5-2-1-3-7-4-5/h1-3H,4H2. The highest BCUT2D eigenvalue weighted by Gasteiger charge is 1.96. The Morgan fingerprint density at radius 3 is 3.00 bits per heavy atom. The maximum atomic E-state index is 4.97. The molecular weight excluding hydrogens is 188 g/mol. The maximum absolute atomic E-state index is 4.97. The van der Waals surface area contributed by atoms with Crippen LogP contribution in [0.3, 0.4) is 0 Å². The van der Waals surface area contributed by atoms with E-state index in [9.17, 15) is 0 Å². The monoisotopic (exact) mass is 192 g/mol. The predicted octanol–water partition coefficient (Wildman–Crippen LogP) is 2.46. The van der Waals surface area contributed by atoms with Gasteiger partial charge in [-0.05, 0) is 37.2 Å². The summed E-state index contributed by atoms with van der Waals surface area (Å²) >= 11 is 3.25. The zero-order valence-electron chi connectivity index (χ0n) is 4.13. The molecule has 0 amide bonds. The molecule has 0 bridgehead atoms. The molecule has 1 heterocycles. The molecule has 1 aliphatic heterocycles. The Hall–Kier alpha value is 0.110.